The number of rotatable bonds is 8. The molecule has 1 aliphatic heterocycles. The molecule has 0 aromatic heterocycles. The third-order valence-electron chi connectivity index (χ3n) is 8.48. The van der Waals surface area contributed by atoms with Crippen molar-refractivity contribution in [1.82, 2.24) is 4.90 Å². The minimum absolute atomic E-state index is 0. The highest BCUT2D eigenvalue weighted by atomic mass is 28.4. The minimum atomic E-state index is -4.64. The van der Waals surface area contributed by atoms with Crippen molar-refractivity contribution >= 4 is 20.7 Å². The Morgan fingerprint density at radius 2 is 1.30 bits per heavy atom. The van der Waals surface area contributed by atoms with E-state index in [1.54, 1.807) is 19.1 Å². The zero-order chi connectivity index (χ0) is 32.9. The highest BCUT2D eigenvalue weighted by Crippen LogP contribution is 2.38. The fourth-order valence-corrected chi connectivity index (χ4v) is 5.69. The molecule has 2 rings (SSSR count). The summed E-state index contributed by atoms with van der Waals surface area (Å²) >= 11 is 0. The van der Waals surface area contributed by atoms with Crippen LogP contribution in [-0.4, -0.2) is 94.2 Å². The third-order valence-corrected chi connectivity index (χ3v) is 13.0. The van der Waals surface area contributed by atoms with Gasteiger partial charge in [0.25, 0.3) is 0 Å². The van der Waals surface area contributed by atoms with E-state index in [0.717, 1.165) is 45.1 Å². The van der Waals surface area contributed by atoms with Gasteiger partial charge >= 0.3 is 12.3 Å². The highest BCUT2D eigenvalue weighted by Gasteiger charge is 2.40. The maximum absolute atomic E-state index is 12.2. The summed E-state index contributed by atoms with van der Waals surface area (Å²) in [6.07, 6.45) is 3.50. The van der Waals surface area contributed by atoms with Crippen LogP contribution in [0.1, 0.15) is 114 Å². The number of amides is 1. The first kappa shape index (κ1) is 47.2. The summed E-state index contributed by atoms with van der Waals surface area (Å²) in [6.45, 7) is 19.3. The molecule has 1 saturated heterocycles. The van der Waals surface area contributed by atoms with E-state index in [9.17, 15) is 18.0 Å². The molecule has 0 spiro atoms. The predicted octanol–water partition coefficient (Wildman–Crippen LogP) is 8.55. The number of ether oxygens (including phenoxy) is 3. The van der Waals surface area contributed by atoms with Crippen LogP contribution in [0.3, 0.4) is 0 Å². The topological polar surface area (TPSA) is 94.5 Å². The molecule has 1 aliphatic carbocycles. The maximum atomic E-state index is 12.2. The number of hydrogen-bond donors (Lipinski definition) is 1. The second-order valence-corrected chi connectivity index (χ2v) is 18.6. The molecule has 2 aliphatic rings. The van der Waals surface area contributed by atoms with Gasteiger partial charge < -0.3 is 28.6 Å². The van der Waals surface area contributed by atoms with Crippen LogP contribution in [0.4, 0.5) is 18.0 Å². The lowest BCUT2D eigenvalue weighted by Gasteiger charge is -2.42. The van der Waals surface area contributed by atoms with Gasteiger partial charge in [-0.3, -0.25) is 4.79 Å². The lowest BCUT2D eigenvalue weighted by Crippen LogP contribution is -2.50. The van der Waals surface area contributed by atoms with Crippen molar-refractivity contribution in [3.63, 3.8) is 0 Å². The van der Waals surface area contributed by atoms with Crippen LogP contribution in [0, 0.1) is 0 Å². The molecular weight excluding hydrogens is 595 g/mol. The lowest BCUT2D eigenvalue weighted by atomic mass is 9.82. The van der Waals surface area contributed by atoms with Crippen LogP contribution in [0.15, 0.2) is 0 Å². The summed E-state index contributed by atoms with van der Waals surface area (Å²) in [4.78, 5) is 22.7. The average molecular weight is 662 g/mol. The summed E-state index contributed by atoms with van der Waals surface area (Å²) in [5.74, 6) is 0. The summed E-state index contributed by atoms with van der Waals surface area (Å²) in [5, 5.41) is 9.05. The molecule has 8 nitrogen and oxygen atoms in total. The van der Waals surface area contributed by atoms with Crippen molar-refractivity contribution in [2.45, 2.75) is 155 Å². The van der Waals surface area contributed by atoms with Gasteiger partial charge in [-0.1, -0.05) is 54.9 Å². The van der Waals surface area contributed by atoms with E-state index in [0.29, 0.717) is 13.1 Å². The van der Waals surface area contributed by atoms with Crippen molar-refractivity contribution < 1.29 is 46.5 Å². The van der Waals surface area contributed by atoms with Crippen molar-refractivity contribution in [2.75, 3.05) is 40.5 Å². The summed E-state index contributed by atoms with van der Waals surface area (Å²) in [5.41, 5.74) is -0.627. The van der Waals surface area contributed by atoms with Gasteiger partial charge in [0.1, 0.15) is 5.60 Å². The van der Waals surface area contributed by atoms with Gasteiger partial charge in [-0.2, -0.15) is 13.2 Å². The molecule has 1 heterocycles. The van der Waals surface area contributed by atoms with E-state index in [4.69, 9.17) is 28.5 Å². The van der Waals surface area contributed by atoms with Crippen LogP contribution in [-0.2, 0) is 23.4 Å². The van der Waals surface area contributed by atoms with E-state index in [1.807, 2.05) is 20.8 Å². The van der Waals surface area contributed by atoms with Crippen molar-refractivity contribution in [1.29, 1.82) is 0 Å². The van der Waals surface area contributed by atoms with E-state index in [2.05, 4.69) is 33.9 Å². The second-order valence-electron chi connectivity index (χ2n) is 13.8. The third kappa shape index (κ3) is 18.1. The molecule has 0 aromatic rings. The van der Waals surface area contributed by atoms with E-state index in [1.165, 1.54) is 19.3 Å². The second kappa shape index (κ2) is 20.1. The number of carbonyl (C=O) groups is 2. The van der Waals surface area contributed by atoms with Gasteiger partial charge in [-0.25, -0.2) is 4.79 Å². The molecule has 2 fully saturated rings. The maximum Gasteiger partial charge on any atom is 0.446 e. The van der Waals surface area contributed by atoms with Crippen LogP contribution < -0.4 is 0 Å². The van der Waals surface area contributed by atoms with Crippen molar-refractivity contribution in [3.8, 4) is 0 Å². The van der Waals surface area contributed by atoms with E-state index in [-0.39, 0.29) is 43.8 Å². The Balaban J connectivity index is -0.000000730. The predicted molar refractivity (Wildman–Crippen MR) is 175 cm³/mol. The first-order chi connectivity index (χ1) is 19.1. The number of halogens is 3. The highest BCUT2D eigenvalue weighted by molar-refractivity contribution is 6.74. The Hall–Kier alpha value is -1.21. The van der Waals surface area contributed by atoms with Crippen LogP contribution in [0.25, 0.3) is 0 Å². The van der Waals surface area contributed by atoms with Gasteiger partial charge in [0, 0.05) is 40.5 Å². The monoisotopic (exact) mass is 661 g/mol. The first-order valence-corrected chi connectivity index (χ1v) is 17.9. The molecular formula is C32H66F3NO7Si. The van der Waals surface area contributed by atoms with Crippen molar-refractivity contribution in [3.05, 3.63) is 0 Å². The fourth-order valence-electron chi connectivity index (χ4n) is 4.64. The van der Waals surface area contributed by atoms with Crippen LogP contribution in [0.5, 0.6) is 0 Å². The zero-order valence-corrected chi connectivity index (χ0v) is 28.7. The summed E-state index contributed by atoms with van der Waals surface area (Å²) < 4.78 is 54.4. The molecule has 0 atom stereocenters. The van der Waals surface area contributed by atoms with Gasteiger partial charge in [0.15, 0.2) is 8.32 Å². The lowest BCUT2D eigenvalue weighted by molar-refractivity contribution is -0.156. The number of alkyl halides is 3. The first-order valence-electron chi connectivity index (χ1n) is 15.0. The molecule has 0 unspecified atom stereocenters. The average Bonchev–Trinajstić information content (AvgIpc) is 2.88. The van der Waals surface area contributed by atoms with E-state index < -0.39 is 26.4 Å². The minimum Gasteiger partial charge on any atom is -0.444 e. The number of hydrogen-bond acceptors (Lipinski definition) is 7. The molecule has 1 saturated carbocycles. The Morgan fingerprint density at radius 1 is 0.864 bits per heavy atom. The van der Waals surface area contributed by atoms with Crippen molar-refractivity contribution in [2.24, 2.45) is 0 Å². The number of likely N-dealkylation sites (tertiary alicyclic amines) is 1. The number of aliphatic hydroxyl groups excluding tert-OH is 1. The number of piperidine rings is 1. The molecule has 1 amide bonds. The molecule has 0 bridgehead atoms. The molecule has 0 aromatic carbocycles. The Kier molecular flexibility index (Phi) is 21.6. The smallest absolute Gasteiger partial charge is 0.444 e. The SMILES string of the molecule is C.C.COC1(CCO)CCCCC1.COC1(CCO[Si](C)(C)C(C)(C)C)CCN(C(=O)OC(C)(C)C)CC1.O=CC(F)(F)F. The van der Waals surface area contributed by atoms with E-state index >= 15 is 0 Å². The van der Waals surface area contributed by atoms with Gasteiger partial charge in [0.2, 0.25) is 6.29 Å². The normalized spacial score (nSPS) is 18.2. The number of methoxy groups -OCH3 is 2. The number of carbonyl (C=O) groups excluding carboxylic acids is 2. The molecule has 44 heavy (non-hydrogen) atoms. The van der Waals surface area contributed by atoms with Gasteiger partial charge in [-0.15, -0.1) is 0 Å². The van der Waals surface area contributed by atoms with Gasteiger partial charge in [-0.05, 0) is 77.4 Å². The summed E-state index contributed by atoms with van der Waals surface area (Å²) in [7, 11) is 1.80. The molecule has 12 heteroatoms. The molecule has 266 valence electrons. The number of aliphatic hydroxyl groups is 1. The zero-order valence-electron chi connectivity index (χ0n) is 27.7. The number of aldehydes is 1. The quantitative estimate of drug-likeness (QED) is 0.206. The molecule has 1 N–H and O–H groups in total. The standard InChI is InChI=1S/C19H39NO4Si.C9H18O2.C2HF3O.2CH4/c1-17(2,3)24-16(21)20-13-10-19(22-7,11-14-20)12-15-23-25(8,9)18(4,5)6;1-11-9(7-8-10)5-3-2-4-6-9;3-2(4,5)1-6;;/h10-15H2,1-9H3;10H,2-8H2,1H3;1H;2*1H4. The Bertz CT molecular complexity index is 777. The Morgan fingerprint density at radius 3 is 1.64 bits per heavy atom. The summed E-state index contributed by atoms with van der Waals surface area (Å²) in [6, 6.07) is 0. The van der Waals surface area contributed by atoms with Crippen LogP contribution >= 0.6 is 0 Å². The fraction of sp³-hybridized carbons (Fsp3) is 0.938. The van der Waals surface area contributed by atoms with Crippen LogP contribution in [0.2, 0.25) is 18.1 Å². The molecule has 0 radical (unpaired) electrons. The Labute approximate surface area is 267 Å². The van der Waals surface area contributed by atoms with Gasteiger partial charge in [0.05, 0.1) is 11.2 Å². The largest absolute Gasteiger partial charge is 0.446 e. The number of nitrogens with zero attached hydrogens (tertiary/aromatic N) is 1.